The number of nitrogens with two attached hydrogens (primary N) is 1. The molecule has 0 saturated carbocycles. The van der Waals surface area contributed by atoms with Gasteiger partial charge in [0.15, 0.2) is 11.5 Å². The standard InChI is InChI=1S/C19H13FN6/c20-14-9-13(8-11-2-1-4-23-15(11)14)17-16(12-3-5-22-10-12)25-18(21)19-24-6-7-26(17)19/h1-9H,10H2,(H2,21,25). The van der Waals surface area contributed by atoms with Crippen molar-refractivity contribution in [2.45, 2.75) is 0 Å². The monoisotopic (exact) mass is 344 g/mol. The summed E-state index contributed by atoms with van der Waals surface area (Å²) in [7, 11) is 0. The van der Waals surface area contributed by atoms with Gasteiger partial charge in [-0.3, -0.25) is 14.4 Å². The maximum absolute atomic E-state index is 14.7. The lowest BCUT2D eigenvalue weighted by Crippen LogP contribution is -2.06. The zero-order valence-electron chi connectivity index (χ0n) is 13.6. The second kappa shape index (κ2) is 5.45. The smallest absolute Gasteiger partial charge is 0.180 e. The highest BCUT2D eigenvalue weighted by atomic mass is 19.1. The normalized spacial score (nSPS) is 13.7. The summed E-state index contributed by atoms with van der Waals surface area (Å²) in [6.07, 6.45) is 8.66. The third kappa shape index (κ3) is 2.10. The molecule has 1 aromatic carbocycles. The van der Waals surface area contributed by atoms with E-state index in [0.717, 1.165) is 16.7 Å². The summed E-state index contributed by atoms with van der Waals surface area (Å²) in [5.41, 5.74) is 9.98. The van der Waals surface area contributed by atoms with Crippen molar-refractivity contribution in [3.63, 3.8) is 0 Å². The second-order valence-electron chi connectivity index (χ2n) is 6.03. The Morgan fingerprint density at radius 3 is 2.92 bits per heavy atom. The average Bonchev–Trinajstić information content (AvgIpc) is 3.33. The number of hydrogen-bond donors (Lipinski definition) is 1. The minimum atomic E-state index is -0.384. The molecule has 1 aliphatic heterocycles. The van der Waals surface area contributed by atoms with Gasteiger partial charge in [0.2, 0.25) is 0 Å². The first-order valence-corrected chi connectivity index (χ1v) is 8.09. The number of aliphatic imine (C=N–C) groups is 1. The van der Waals surface area contributed by atoms with E-state index < -0.39 is 0 Å². The number of pyridine rings is 1. The molecular formula is C19H13FN6. The third-order valence-corrected chi connectivity index (χ3v) is 4.45. The topological polar surface area (TPSA) is 81.5 Å². The van der Waals surface area contributed by atoms with Gasteiger partial charge < -0.3 is 5.73 Å². The van der Waals surface area contributed by atoms with E-state index in [-0.39, 0.29) is 5.82 Å². The van der Waals surface area contributed by atoms with Crippen molar-refractivity contribution >= 4 is 34.2 Å². The van der Waals surface area contributed by atoms with Gasteiger partial charge in [-0.25, -0.2) is 14.4 Å². The molecule has 0 radical (unpaired) electrons. The molecular weight excluding hydrogens is 331 g/mol. The van der Waals surface area contributed by atoms with Crippen molar-refractivity contribution in [2.75, 3.05) is 12.3 Å². The summed E-state index contributed by atoms with van der Waals surface area (Å²) in [6, 6.07) is 7.00. The lowest BCUT2D eigenvalue weighted by atomic mass is 10.0. The summed E-state index contributed by atoms with van der Waals surface area (Å²) in [4.78, 5) is 17.2. The number of allylic oxidation sites excluding steroid dienone is 1. The minimum absolute atomic E-state index is 0.324. The number of aromatic nitrogens is 4. The molecule has 0 saturated heterocycles. The van der Waals surface area contributed by atoms with Crippen LogP contribution >= 0.6 is 0 Å². The lowest BCUT2D eigenvalue weighted by molar-refractivity contribution is 0.637. The quantitative estimate of drug-likeness (QED) is 0.606. The summed E-state index contributed by atoms with van der Waals surface area (Å²) in [5, 5.41) is 0.718. The average molecular weight is 344 g/mol. The predicted molar refractivity (Wildman–Crippen MR) is 99.4 cm³/mol. The van der Waals surface area contributed by atoms with E-state index >= 15 is 0 Å². The van der Waals surface area contributed by atoms with E-state index in [0.29, 0.717) is 34.8 Å². The Balaban J connectivity index is 1.87. The van der Waals surface area contributed by atoms with Crippen LogP contribution in [0.1, 0.15) is 5.69 Å². The molecule has 0 aliphatic carbocycles. The van der Waals surface area contributed by atoms with Crippen LogP contribution in [0.4, 0.5) is 10.2 Å². The number of nitrogens with zero attached hydrogens (tertiary/aromatic N) is 5. The van der Waals surface area contributed by atoms with Crippen LogP contribution in [-0.2, 0) is 0 Å². The number of rotatable bonds is 2. The molecule has 0 bridgehead atoms. The largest absolute Gasteiger partial charge is 0.381 e. The van der Waals surface area contributed by atoms with Gasteiger partial charge >= 0.3 is 0 Å². The van der Waals surface area contributed by atoms with Crippen molar-refractivity contribution in [1.82, 2.24) is 19.4 Å². The highest BCUT2D eigenvalue weighted by Crippen LogP contribution is 2.33. The predicted octanol–water partition coefficient (Wildman–Crippen LogP) is 3.13. The molecule has 0 spiro atoms. The maximum Gasteiger partial charge on any atom is 0.180 e. The number of anilines is 1. The first-order valence-electron chi connectivity index (χ1n) is 8.09. The summed E-state index contributed by atoms with van der Waals surface area (Å²) < 4.78 is 16.5. The van der Waals surface area contributed by atoms with Crippen LogP contribution in [-0.4, -0.2) is 32.1 Å². The molecule has 3 aromatic heterocycles. The van der Waals surface area contributed by atoms with Crippen molar-refractivity contribution in [3.05, 3.63) is 60.4 Å². The van der Waals surface area contributed by atoms with Crippen LogP contribution < -0.4 is 5.73 Å². The highest BCUT2D eigenvalue weighted by molar-refractivity contribution is 5.94. The fraction of sp³-hybridized carbons (Fsp3) is 0.0526. The Morgan fingerprint density at radius 2 is 2.08 bits per heavy atom. The van der Waals surface area contributed by atoms with E-state index in [1.54, 1.807) is 30.9 Å². The number of nitrogen functional groups attached to an aromatic ring is 1. The van der Waals surface area contributed by atoms with E-state index in [4.69, 9.17) is 5.73 Å². The summed E-state index contributed by atoms with van der Waals surface area (Å²) in [5.74, 6) is -0.0599. The number of hydrogen-bond acceptors (Lipinski definition) is 5. The summed E-state index contributed by atoms with van der Waals surface area (Å²) >= 11 is 0. The number of fused-ring (bicyclic) bond motifs is 2. The molecule has 0 unspecified atom stereocenters. The van der Waals surface area contributed by atoms with Crippen LogP contribution in [0.3, 0.4) is 0 Å². The summed E-state index contributed by atoms with van der Waals surface area (Å²) in [6.45, 7) is 0.511. The number of halogens is 1. The number of imidazole rings is 1. The Bertz CT molecular complexity index is 1240. The van der Waals surface area contributed by atoms with Gasteiger partial charge in [-0.15, -0.1) is 0 Å². The van der Waals surface area contributed by atoms with Gasteiger partial charge in [-0.1, -0.05) is 6.07 Å². The number of benzene rings is 1. The van der Waals surface area contributed by atoms with Crippen LogP contribution in [0.25, 0.3) is 33.4 Å². The first-order chi connectivity index (χ1) is 12.7. The fourth-order valence-electron chi connectivity index (χ4n) is 3.30. The fourth-order valence-corrected chi connectivity index (χ4v) is 3.30. The van der Waals surface area contributed by atoms with Gasteiger partial charge in [0.1, 0.15) is 11.3 Å². The molecule has 1 aliphatic rings. The van der Waals surface area contributed by atoms with E-state index in [2.05, 4.69) is 19.9 Å². The van der Waals surface area contributed by atoms with E-state index in [9.17, 15) is 4.39 Å². The molecule has 0 amide bonds. The van der Waals surface area contributed by atoms with Crippen LogP contribution in [0.5, 0.6) is 0 Å². The molecule has 2 N–H and O–H groups in total. The Morgan fingerprint density at radius 1 is 1.15 bits per heavy atom. The Kier molecular flexibility index (Phi) is 3.08. The van der Waals surface area contributed by atoms with Crippen molar-refractivity contribution < 1.29 is 4.39 Å². The molecule has 26 heavy (non-hydrogen) atoms. The third-order valence-electron chi connectivity index (χ3n) is 4.45. The zero-order valence-corrected chi connectivity index (χ0v) is 13.6. The molecule has 4 heterocycles. The van der Waals surface area contributed by atoms with Gasteiger partial charge in [0.05, 0.1) is 17.9 Å². The molecule has 7 heteroatoms. The van der Waals surface area contributed by atoms with Crippen LogP contribution in [0.2, 0.25) is 0 Å². The molecule has 126 valence electrons. The Hall–Kier alpha value is -3.61. The van der Waals surface area contributed by atoms with Gasteiger partial charge in [-0.05, 0) is 24.3 Å². The van der Waals surface area contributed by atoms with Gasteiger partial charge in [0.25, 0.3) is 0 Å². The molecule has 6 nitrogen and oxygen atoms in total. The molecule has 5 rings (SSSR count). The van der Waals surface area contributed by atoms with Crippen molar-refractivity contribution in [1.29, 1.82) is 0 Å². The van der Waals surface area contributed by atoms with E-state index in [1.807, 2.05) is 22.6 Å². The van der Waals surface area contributed by atoms with E-state index in [1.165, 1.54) is 6.07 Å². The van der Waals surface area contributed by atoms with Crippen LogP contribution in [0.15, 0.2) is 53.9 Å². The molecule has 0 fully saturated rings. The van der Waals surface area contributed by atoms with Gasteiger partial charge in [0, 0.05) is 41.3 Å². The highest BCUT2D eigenvalue weighted by Gasteiger charge is 2.20. The SMILES string of the molecule is Nc1nc(C2=CC=NC2)c(-c2cc(F)c3ncccc3c2)n2ccnc12. The minimum Gasteiger partial charge on any atom is -0.381 e. The molecule has 0 atom stereocenters. The zero-order chi connectivity index (χ0) is 17.7. The lowest BCUT2D eigenvalue weighted by Gasteiger charge is -2.14. The van der Waals surface area contributed by atoms with Crippen molar-refractivity contribution in [3.8, 4) is 11.3 Å². The van der Waals surface area contributed by atoms with Gasteiger partial charge in [-0.2, -0.15) is 0 Å². The first kappa shape index (κ1) is 14.7. The van der Waals surface area contributed by atoms with Crippen LogP contribution in [0, 0.1) is 5.82 Å². The molecule has 4 aromatic rings. The second-order valence-corrected chi connectivity index (χ2v) is 6.03. The van der Waals surface area contributed by atoms with Crippen molar-refractivity contribution in [2.24, 2.45) is 4.99 Å². The Labute approximate surface area is 147 Å². The maximum atomic E-state index is 14.7.